The predicted molar refractivity (Wildman–Crippen MR) is 74.7 cm³/mol. The molecule has 0 aliphatic heterocycles. The second kappa shape index (κ2) is 6.06. The van der Waals surface area contributed by atoms with Crippen LogP contribution in [0.1, 0.15) is 11.1 Å². The van der Waals surface area contributed by atoms with E-state index in [1.54, 1.807) is 36.4 Å². The fourth-order valence-electron chi connectivity index (χ4n) is 1.78. The van der Waals surface area contributed by atoms with Gasteiger partial charge in [-0.05, 0) is 30.3 Å². The first-order chi connectivity index (χ1) is 9.61. The molecule has 2 aromatic rings. The Kier molecular flexibility index (Phi) is 4.20. The van der Waals surface area contributed by atoms with Crippen LogP contribution in [0.4, 0.5) is 4.39 Å². The molecule has 0 heterocycles. The Morgan fingerprint density at radius 1 is 1.20 bits per heavy atom. The summed E-state index contributed by atoms with van der Waals surface area (Å²) in [4.78, 5) is 0. The van der Waals surface area contributed by atoms with E-state index in [9.17, 15) is 4.39 Å². The molecule has 0 saturated carbocycles. The van der Waals surface area contributed by atoms with Crippen LogP contribution in [0.25, 0.3) is 0 Å². The summed E-state index contributed by atoms with van der Waals surface area (Å²) in [5.41, 5.74) is 6.71. The molecular formula is C15H15FN2O2. The molecule has 0 spiro atoms. The van der Waals surface area contributed by atoms with Gasteiger partial charge < -0.3 is 15.2 Å². The number of nitrogens with two attached hydrogens (primary N) is 1. The van der Waals surface area contributed by atoms with Crippen LogP contribution in [0.3, 0.4) is 0 Å². The van der Waals surface area contributed by atoms with Gasteiger partial charge in [-0.15, -0.1) is 0 Å². The van der Waals surface area contributed by atoms with E-state index in [-0.39, 0.29) is 18.2 Å². The summed E-state index contributed by atoms with van der Waals surface area (Å²) in [7, 11) is 1.54. The molecule has 0 aliphatic rings. The quantitative estimate of drug-likeness (QED) is 0.650. The van der Waals surface area contributed by atoms with Crippen LogP contribution in [0, 0.1) is 11.2 Å². The minimum absolute atomic E-state index is 0.0419. The SMILES string of the molecule is COc1ccc(C(=N)N)cc1COc1ccccc1F. The van der Waals surface area contributed by atoms with E-state index in [1.807, 2.05) is 0 Å². The van der Waals surface area contributed by atoms with Gasteiger partial charge in [-0.25, -0.2) is 4.39 Å². The highest BCUT2D eigenvalue weighted by molar-refractivity contribution is 5.95. The van der Waals surface area contributed by atoms with Crippen molar-refractivity contribution in [1.82, 2.24) is 0 Å². The summed E-state index contributed by atoms with van der Waals surface area (Å²) >= 11 is 0. The van der Waals surface area contributed by atoms with Crippen LogP contribution in [0.15, 0.2) is 42.5 Å². The number of nitrogen functional groups attached to an aromatic ring is 1. The lowest BCUT2D eigenvalue weighted by atomic mass is 10.1. The van der Waals surface area contributed by atoms with Crippen molar-refractivity contribution in [3.8, 4) is 11.5 Å². The van der Waals surface area contributed by atoms with Crippen molar-refractivity contribution in [1.29, 1.82) is 5.41 Å². The lowest BCUT2D eigenvalue weighted by Crippen LogP contribution is -2.12. The molecule has 4 nitrogen and oxygen atoms in total. The standard InChI is InChI=1S/C15H15FN2O2/c1-19-13-7-6-10(15(17)18)8-11(13)9-20-14-5-3-2-4-12(14)16/h2-8H,9H2,1H3,(H3,17,18). The van der Waals surface area contributed by atoms with Gasteiger partial charge in [0, 0.05) is 11.1 Å². The number of ether oxygens (including phenoxy) is 2. The Balaban J connectivity index is 2.22. The first kappa shape index (κ1) is 13.9. The summed E-state index contributed by atoms with van der Waals surface area (Å²) in [5, 5.41) is 7.43. The minimum Gasteiger partial charge on any atom is -0.496 e. The largest absolute Gasteiger partial charge is 0.496 e. The van der Waals surface area contributed by atoms with Gasteiger partial charge in [0.05, 0.1) is 7.11 Å². The van der Waals surface area contributed by atoms with Crippen molar-refractivity contribution in [3.63, 3.8) is 0 Å². The molecule has 0 amide bonds. The number of hydrogen-bond donors (Lipinski definition) is 2. The molecule has 3 N–H and O–H groups in total. The average Bonchev–Trinajstić information content (AvgIpc) is 2.46. The molecule has 0 fully saturated rings. The van der Waals surface area contributed by atoms with Gasteiger partial charge in [-0.3, -0.25) is 5.41 Å². The topological polar surface area (TPSA) is 68.3 Å². The summed E-state index contributed by atoms with van der Waals surface area (Å²) in [5.74, 6) is 0.308. The third-order valence-electron chi connectivity index (χ3n) is 2.81. The normalized spacial score (nSPS) is 10.1. The third kappa shape index (κ3) is 3.06. The Labute approximate surface area is 116 Å². The summed E-state index contributed by atoms with van der Waals surface area (Å²) in [6, 6.07) is 11.3. The Morgan fingerprint density at radius 2 is 1.95 bits per heavy atom. The summed E-state index contributed by atoms with van der Waals surface area (Å²) in [6.07, 6.45) is 0. The fraction of sp³-hybridized carbons (Fsp3) is 0.133. The zero-order valence-corrected chi connectivity index (χ0v) is 11.0. The Bertz CT molecular complexity index is 629. The molecule has 2 aromatic carbocycles. The van der Waals surface area contributed by atoms with E-state index in [4.69, 9.17) is 20.6 Å². The number of para-hydroxylation sites is 1. The molecule has 0 bridgehead atoms. The zero-order valence-electron chi connectivity index (χ0n) is 11.0. The van der Waals surface area contributed by atoms with E-state index in [2.05, 4.69) is 0 Å². The number of benzene rings is 2. The minimum atomic E-state index is -0.422. The second-order valence-corrected chi connectivity index (χ2v) is 4.16. The zero-order chi connectivity index (χ0) is 14.5. The van der Waals surface area contributed by atoms with Gasteiger partial charge in [-0.2, -0.15) is 0 Å². The van der Waals surface area contributed by atoms with Crippen LogP contribution in [-0.4, -0.2) is 12.9 Å². The Morgan fingerprint density at radius 3 is 2.60 bits per heavy atom. The van der Waals surface area contributed by atoms with Crippen LogP contribution in [0.2, 0.25) is 0 Å². The molecule has 0 atom stereocenters. The molecule has 0 aliphatic carbocycles. The van der Waals surface area contributed by atoms with E-state index >= 15 is 0 Å². The molecule has 20 heavy (non-hydrogen) atoms. The lowest BCUT2D eigenvalue weighted by Gasteiger charge is -2.12. The van der Waals surface area contributed by atoms with E-state index in [0.29, 0.717) is 16.9 Å². The molecule has 0 radical (unpaired) electrons. The van der Waals surface area contributed by atoms with Gasteiger partial charge in [0.15, 0.2) is 11.6 Å². The fourth-order valence-corrected chi connectivity index (χ4v) is 1.78. The van der Waals surface area contributed by atoms with E-state index < -0.39 is 5.82 Å². The highest BCUT2D eigenvalue weighted by Gasteiger charge is 2.08. The maximum absolute atomic E-state index is 13.5. The van der Waals surface area contributed by atoms with Gasteiger partial charge in [0.1, 0.15) is 18.2 Å². The Hall–Kier alpha value is -2.56. The van der Waals surface area contributed by atoms with Crippen LogP contribution in [-0.2, 0) is 6.61 Å². The molecule has 0 aromatic heterocycles. The van der Waals surface area contributed by atoms with Gasteiger partial charge >= 0.3 is 0 Å². The van der Waals surface area contributed by atoms with Crippen molar-refractivity contribution >= 4 is 5.84 Å². The number of nitrogens with one attached hydrogen (secondary N) is 1. The maximum Gasteiger partial charge on any atom is 0.165 e. The first-order valence-electron chi connectivity index (χ1n) is 6.00. The van der Waals surface area contributed by atoms with Crippen LogP contribution >= 0.6 is 0 Å². The molecular weight excluding hydrogens is 259 g/mol. The summed E-state index contributed by atoms with van der Waals surface area (Å²) in [6.45, 7) is 0.130. The number of hydrogen-bond acceptors (Lipinski definition) is 3. The maximum atomic E-state index is 13.5. The number of halogens is 1. The highest BCUT2D eigenvalue weighted by Crippen LogP contribution is 2.23. The van der Waals surface area contributed by atoms with Crippen molar-refractivity contribution in [2.75, 3.05) is 7.11 Å². The van der Waals surface area contributed by atoms with Crippen molar-refractivity contribution in [2.45, 2.75) is 6.61 Å². The number of rotatable bonds is 5. The molecule has 104 valence electrons. The average molecular weight is 274 g/mol. The van der Waals surface area contributed by atoms with Gasteiger partial charge in [0.2, 0.25) is 0 Å². The summed E-state index contributed by atoms with van der Waals surface area (Å²) < 4.78 is 24.1. The highest BCUT2D eigenvalue weighted by atomic mass is 19.1. The van der Waals surface area contributed by atoms with E-state index in [0.717, 1.165) is 0 Å². The monoisotopic (exact) mass is 274 g/mol. The van der Waals surface area contributed by atoms with Crippen molar-refractivity contribution in [3.05, 3.63) is 59.4 Å². The van der Waals surface area contributed by atoms with Crippen molar-refractivity contribution in [2.24, 2.45) is 5.73 Å². The lowest BCUT2D eigenvalue weighted by molar-refractivity contribution is 0.282. The van der Waals surface area contributed by atoms with Crippen molar-refractivity contribution < 1.29 is 13.9 Å². The predicted octanol–water partition coefficient (Wildman–Crippen LogP) is 2.70. The van der Waals surface area contributed by atoms with Crippen LogP contribution in [0.5, 0.6) is 11.5 Å². The van der Waals surface area contributed by atoms with E-state index in [1.165, 1.54) is 13.2 Å². The van der Waals surface area contributed by atoms with Gasteiger partial charge in [-0.1, -0.05) is 12.1 Å². The molecule has 0 saturated heterocycles. The molecule has 5 heteroatoms. The number of amidine groups is 1. The molecule has 0 unspecified atom stereocenters. The van der Waals surface area contributed by atoms with Crippen LogP contribution < -0.4 is 15.2 Å². The second-order valence-electron chi connectivity index (χ2n) is 4.16. The first-order valence-corrected chi connectivity index (χ1v) is 6.00. The third-order valence-corrected chi connectivity index (χ3v) is 2.81. The molecule has 2 rings (SSSR count). The number of methoxy groups -OCH3 is 1. The van der Waals surface area contributed by atoms with Gasteiger partial charge in [0.25, 0.3) is 0 Å². The smallest absolute Gasteiger partial charge is 0.165 e.